The van der Waals surface area contributed by atoms with Gasteiger partial charge in [0.15, 0.2) is 0 Å². The van der Waals surface area contributed by atoms with Crippen LogP contribution in [0.3, 0.4) is 0 Å². The zero-order chi connectivity index (χ0) is 12.0. The van der Waals surface area contributed by atoms with E-state index in [0.29, 0.717) is 5.69 Å². The largest absolute Gasteiger partial charge is 0.545 e. The number of carboxylic acids is 1. The third kappa shape index (κ3) is 3.34. The molecular weight excluding hydrogens is 206 g/mol. The van der Waals surface area contributed by atoms with Crippen molar-refractivity contribution in [2.45, 2.75) is 13.8 Å². The lowest BCUT2D eigenvalue weighted by molar-refractivity contribution is -0.255. The summed E-state index contributed by atoms with van der Waals surface area (Å²) in [7, 11) is 0. The third-order valence-corrected chi connectivity index (χ3v) is 2.12. The van der Waals surface area contributed by atoms with Gasteiger partial charge in [-0.15, -0.1) is 5.11 Å². The van der Waals surface area contributed by atoms with E-state index in [2.05, 4.69) is 10.3 Å². The first-order valence-corrected chi connectivity index (χ1v) is 5.15. The standard InChI is InChI=1S/C11H15N3O2/c1-3-14(4-2)13-12-10-7-5-9(6-8-10)11(15)16/h5-8H,3-4H2,1-2H3,(H,15,16)/p-1. The molecule has 86 valence electrons. The average Bonchev–Trinajstić information content (AvgIpc) is 2.31. The molecule has 0 saturated carbocycles. The Kier molecular flexibility index (Phi) is 4.44. The van der Waals surface area contributed by atoms with E-state index in [-0.39, 0.29) is 5.56 Å². The van der Waals surface area contributed by atoms with Crippen LogP contribution >= 0.6 is 0 Å². The van der Waals surface area contributed by atoms with Crippen molar-refractivity contribution in [1.82, 2.24) is 5.01 Å². The van der Waals surface area contributed by atoms with Crippen molar-refractivity contribution in [3.05, 3.63) is 29.8 Å². The SMILES string of the molecule is CCN(CC)N=Nc1ccc(C(=O)[O-])cc1. The second-order valence-electron chi connectivity index (χ2n) is 3.16. The van der Waals surface area contributed by atoms with Crippen molar-refractivity contribution in [2.24, 2.45) is 10.3 Å². The second kappa shape index (κ2) is 5.85. The van der Waals surface area contributed by atoms with Crippen molar-refractivity contribution in [1.29, 1.82) is 0 Å². The molecular formula is C11H14N3O2-. The van der Waals surface area contributed by atoms with E-state index < -0.39 is 5.97 Å². The van der Waals surface area contributed by atoms with Crippen molar-refractivity contribution < 1.29 is 9.90 Å². The third-order valence-electron chi connectivity index (χ3n) is 2.12. The summed E-state index contributed by atoms with van der Waals surface area (Å²) in [5.74, 6) is -1.19. The number of rotatable bonds is 5. The Morgan fingerprint density at radius 1 is 1.25 bits per heavy atom. The highest BCUT2D eigenvalue weighted by Crippen LogP contribution is 2.13. The first kappa shape index (κ1) is 12.2. The molecule has 0 heterocycles. The van der Waals surface area contributed by atoms with Crippen LogP contribution in [0.5, 0.6) is 0 Å². The predicted octanol–water partition coefficient (Wildman–Crippen LogP) is 1.39. The van der Waals surface area contributed by atoms with Gasteiger partial charge in [-0.2, -0.15) is 0 Å². The number of carbonyl (C=O) groups excluding carboxylic acids is 1. The molecule has 0 amide bonds. The molecule has 0 radical (unpaired) electrons. The molecule has 1 rings (SSSR count). The number of nitrogens with zero attached hydrogens (tertiary/aromatic N) is 3. The Hall–Kier alpha value is -1.91. The van der Waals surface area contributed by atoms with Gasteiger partial charge in [-0.3, -0.25) is 5.01 Å². The molecule has 0 unspecified atom stereocenters. The lowest BCUT2D eigenvalue weighted by atomic mass is 10.2. The van der Waals surface area contributed by atoms with Crippen LogP contribution in [-0.2, 0) is 0 Å². The molecule has 5 heteroatoms. The number of hydrogen-bond acceptors (Lipinski definition) is 4. The fraction of sp³-hybridized carbons (Fsp3) is 0.364. The maximum atomic E-state index is 10.5. The molecule has 0 aromatic heterocycles. The normalized spacial score (nSPS) is 10.6. The topological polar surface area (TPSA) is 68.1 Å². The van der Waals surface area contributed by atoms with Crippen molar-refractivity contribution in [2.75, 3.05) is 13.1 Å². The van der Waals surface area contributed by atoms with Crippen LogP contribution in [0.25, 0.3) is 0 Å². The molecule has 0 bridgehead atoms. The average molecular weight is 220 g/mol. The van der Waals surface area contributed by atoms with E-state index in [4.69, 9.17) is 0 Å². The predicted molar refractivity (Wildman–Crippen MR) is 58.2 cm³/mol. The Morgan fingerprint density at radius 3 is 2.25 bits per heavy atom. The number of hydrogen-bond donors (Lipinski definition) is 0. The molecule has 0 saturated heterocycles. The molecule has 0 N–H and O–H groups in total. The smallest absolute Gasteiger partial charge is 0.0874 e. The fourth-order valence-corrected chi connectivity index (χ4v) is 1.13. The van der Waals surface area contributed by atoms with Gasteiger partial charge in [0.1, 0.15) is 0 Å². The number of benzene rings is 1. The van der Waals surface area contributed by atoms with Crippen LogP contribution in [0, 0.1) is 0 Å². The lowest BCUT2D eigenvalue weighted by Crippen LogP contribution is -2.21. The number of aromatic carboxylic acids is 1. The first-order valence-electron chi connectivity index (χ1n) is 5.15. The van der Waals surface area contributed by atoms with Gasteiger partial charge in [0, 0.05) is 13.1 Å². The van der Waals surface area contributed by atoms with Crippen molar-refractivity contribution in [3.8, 4) is 0 Å². The highest BCUT2D eigenvalue weighted by molar-refractivity contribution is 5.86. The summed E-state index contributed by atoms with van der Waals surface area (Å²) >= 11 is 0. The van der Waals surface area contributed by atoms with Gasteiger partial charge in [-0.1, -0.05) is 17.4 Å². The molecule has 0 aliphatic rings. The zero-order valence-corrected chi connectivity index (χ0v) is 9.38. The van der Waals surface area contributed by atoms with E-state index >= 15 is 0 Å². The molecule has 0 atom stereocenters. The summed E-state index contributed by atoms with van der Waals surface area (Å²) in [6, 6.07) is 6.09. The molecule has 0 fully saturated rings. The molecule has 0 aliphatic carbocycles. The van der Waals surface area contributed by atoms with E-state index in [1.165, 1.54) is 12.1 Å². The maximum absolute atomic E-state index is 10.5. The van der Waals surface area contributed by atoms with Gasteiger partial charge >= 0.3 is 0 Å². The van der Waals surface area contributed by atoms with Crippen molar-refractivity contribution >= 4 is 11.7 Å². The van der Waals surface area contributed by atoms with Gasteiger partial charge in [-0.05, 0) is 31.5 Å². The second-order valence-corrected chi connectivity index (χ2v) is 3.16. The highest BCUT2D eigenvalue weighted by atomic mass is 16.4. The summed E-state index contributed by atoms with van der Waals surface area (Å²) in [6.45, 7) is 5.55. The first-order chi connectivity index (χ1) is 7.67. The lowest BCUT2D eigenvalue weighted by Gasteiger charge is -2.11. The van der Waals surface area contributed by atoms with Crippen LogP contribution in [0.2, 0.25) is 0 Å². The van der Waals surface area contributed by atoms with Crippen molar-refractivity contribution in [3.63, 3.8) is 0 Å². The molecule has 16 heavy (non-hydrogen) atoms. The zero-order valence-electron chi connectivity index (χ0n) is 9.38. The summed E-state index contributed by atoms with van der Waals surface area (Å²) in [6.07, 6.45) is 0. The summed E-state index contributed by atoms with van der Waals surface area (Å²) < 4.78 is 0. The minimum atomic E-state index is -1.19. The molecule has 1 aromatic rings. The molecule has 1 aromatic carbocycles. The number of carbonyl (C=O) groups is 1. The van der Waals surface area contributed by atoms with Gasteiger partial charge in [0.05, 0.1) is 11.7 Å². The fourth-order valence-electron chi connectivity index (χ4n) is 1.13. The van der Waals surface area contributed by atoms with Crippen LogP contribution in [-0.4, -0.2) is 24.1 Å². The number of carboxylic acid groups (broad SMARTS) is 1. The van der Waals surface area contributed by atoms with E-state index in [9.17, 15) is 9.90 Å². The minimum absolute atomic E-state index is 0.141. The van der Waals surface area contributed by atoms with Gasteiger partial charge in [-0.25, -0.2) is 0 Å². The Balaban J connectivity index is 2.71. The van der Waals surface area contributed by atoms with E-state index in [1.54, 1.807) is 17.1 Å². The van der Waals surface area contributed by atoms with Crippen LogP contribution < -0.4 is 5.11 Å². The molecule has 5 nitrogen and oxygen atoms in total. The van der Waals surface area contributed by atoms with Crippen LogP contribution in [0.4, 0.5) is 5.69 Å². The summed E-state index contributed by atoms with van der Waals surface area (Å²) in [4.78, 5) is 10.5. The molecule has 0 aliphatic heterocycles. The van der Waals surface area contributed by atoms with E-state index in [1.807, 2.05) is 13.8 Å². The van der Waals surface area contributed by atoms with E-state index in [0.717, 1.165) is 13.1 Å². The Morgan fingerprint density at radius 2 is 1.81 bits per heavy atom. The Labute approximate surface area is 94.4 Å². The van der Waals surface area contributed by atoms with Gasteiger partial charge < -0.3 is 9.90 Å². The van der Waals surface area contributed by atoms with Gasteiger partial charge in [0.25, 0.3) is 0 Å². The molecule has 0 spiro atoms. The quantitative estimate of drug-likeness (QED) is 0.556. The Bertz CT molecular complexity index is 369. The summed E-state index contributed by atoms with van der Waals surface area (Å²) in [5, 5.41) is 20.3. The maximum Gasteiger partial charge on any atom is 0.0874 e. The van der Waals surface area contributed by atoms with Crippen LogP contribution in [0.1, 0.15) is 24.2 Å². The minimum Gasteiger partial charge on any atom is -0.545 e. The van der Waals surface area contributed by atoms with Gasteiger partial charge in [0.2, 0.25) is 0 Å². The monoisotopic (exact) mass is 220 g/mol. The highest BCUT2D eigenvalue weighted by Gasteiger charge is 1.95. The van der Waals surface area contributed by atoms with Crippen LogP contribution in [0.15, 0.2) is 34.6 Å². The summed E-state index contributed by atoms with van der Waals surface area (Å²) in [5.41, 5.74) is 0.763.